The Morgan fingerprint density at radius 1 is 0.652 bits per heavy atom. The van der Waals surface area contributed by atoms with Crippen LogP contribution in [0.2, 0.25) is 0 Å². The van der Waals surface area contributed by atoms with E-state index in [0.29, 0.717) is 0 Å². The molecular weight excluding hydrogens is 318 g/mol. The largest absolute Gasteiger partial charge is 0.412 e. The molecule has 0 unspecified atom stereocenters. The minimum atomic E-state index is -4.67. The fraction of sp³-hybridized carbons (Fsp3) is 1.00. The Kier molecular flexibility index (Phi) is 20.0. The van der Waals surface area contributed by atoms with Gasteiger partial charge in [0.1, 0.15) is 0 Å². The van der Waals surface area contributed by atoms with Crippen LogP contribution < -0.4 is 0 Å². The molecule has 0 aliphatic rings. The topological polar surface area (TPSA) is 106 Å². The third kappa shape index (κ3) is 21.8. The zero-order valence-corrected chi connectivity index (χ0v) is 16.4. The molecule has 0 radical (unpaired) electrons. The van der Waals surface area contributed by atoms with E-state index in [4.69, 9.17) is 17.5 Å². The lowest BCUT2D eigenvalue weighted by Crippen LogP contribution is -2.50. The van der Waals surface area contributed by atoms with E-state index in [0.717, 1.165) is 0 Å². The zero-order chi connectivity index (χ0) is 17.5. The van der Waals surface area contributed by atoms with Crippen LogP contribution in [0.4, 0.5) is 0 Å². The fourth-order valence-electron chi connectivity index (χ4n) is 2.64. The molecule has 0 saturated carbocycles. The van der Waals surface area contributed by atoms with Crippen molar-refractivity contribution in [2.45, 2.75) is 79.1 Å². The summed E-state index contributed by atoms with van der Waals surface area (Å²) in [6, 6.07) is 0. The van der Waals surface area contributed by atoms with Crippen molar-refractivity contribution in [2.24, 2.45) is 0 Å². The van der Waals surface area contributed by atoms with Gasteiger partial charge in [0.25, 0.3) is 0 Å². The number of nitrogens with zero attached hydrogens (tertiary/aromatic N) is 1. The Labute approximate surface area is 143 Å². The predicted octanol–water partition coefficient (Wildman–Crippen LogP) is 3.53. The molecule has 0 saturated heterocycles. The normalized spacial score (nSPS) is 11.4. The summed E-state index contributed by atoms with van der Waals surface area (Å²) < 4.78 is 33.0. The quantitative estimate of drug-likeness (QED) is 0.411. The molecule has 7 heteroatoms. The third-order valence-electron chi connectivity index (χ3n) is 3.94. The lowest BCUT2D eigenvalue weighted by Gasteiger charge is -2.39. The van der Waals surface area contributed by atoms with E-state index >= 15 is 0 Å². The molecule has 0 fully saturated rings. The van der Waals surface area contributed by atoms with Gasteiger partial charge in [0.2, 0.25) is 0 Å². The van der Waals surface area contributed by atoms with E-state index in [1.54, 1.807) is 0 Å². The number of rotatable bonds is 12. The molecule has 144 valence electrons. The van der Waals surface area contributed by atoms with Gasteiger partial charge in [-0.1, -0.05) is 53.4 Å². The van der Waals surface area contributed by atoms with E-state index in [9.17, 15) is 0 Å². The maximum atomic E-state index is 8.74. The number of quaternary nitrogens is 1. The van der Waals surface area contributed by atoms with Crippen LogP contribution in [0.15, 0.2) is 0 Å². The van der Waals surface area contributed by atoms with Crippen molar-refractivity contribution in [1.29, 1.82) is 0 Å². The highest BCUT2D eigenvalue weighted by Crippen LogP contribution is 2.16. The summed E-state index contributed by atoms with van der Waals surface area (Å²) >= 11 is 0. The maximum Gasteiger partial charge on any atom is 0.394 e. The van der Waals surface area contributed by atoms with Gasteiger partial charge in [0.15, 0.2) is 0 Å². The number of hydrogen-bond donors (Lipinski definition) is 2. The molecule has 0 aliphatic carbocycles. The number of unbranched alkanes of at least 4 members (excludes halogenated alkanes) is 4. The van der Waals surface area contributed by atoms with Crippen molar-refractivity contribution in [1.82, 2.24) is 0 Å². The Balaban J connectivity index is -0.000000578. The van der Waals surface area contributed by atoms with Crippen molar-refractivity contribution in [3.05, 3.63) is 0 Å². The van der Waals surface area contributed by atoms with Gasteiger partial charge in [-0.15, -0.1) is 0 Å². The van der Waals surface area contributed by atoms with Crippen molar-refractivity contribution < 1.29 is 27.5 Å². The smallest absolute Gasteiger partial charge is 0.394 e. The van der Waals surface area contributed by atoms with Crippen LogP contribution in [0.3, 0.4) is 0 Å². The van der Waals surface area contributed by atoms with Crippen molar-refractivity contribution >= 4 is 10.4 Å². The lowest BCUT2D eigenvalue weighted by atomic mass is 10.1. The third-order valence-corrected chi connectivity index (χ3v) is 3.94. The average molecular weight is 359 g/mol. The highest BCUT2D eigenvalue weighted by molar-refractivity contribution is 7.79. The van der Waals surface area contributed by atoms with Crippen LogP contribution in [0.1, 0.15) is 79.1 Å². The van der Waals surface area contributed by atoms with Crippen LogP contribution >= 0.6 is 0 Å². The lowest BCUT2D eigenvalue weighted by molar-refractivity contribution is -0.929. The molecule has 0 aromatic carbocycles. The van der Waals surface area contributed by atoms with E-state index in [1.165, 1.54) is 82.0 Å². The van der Waals surface area contributed by atoms with Crippen LogP contribution in [0, 0.1) is 0 Å². The zero-order valence-electron chi connectivity index (χ0n) is 15.6. The van der Waals surface area contributed by atoms with Gasteiger partial charge >= 0.3 is 10.4 Å². The van der Waals surface area contributed by atoms with Crippen molar-refractivity contribution in [3.8, 4) is 0 Å². The molecule has 0 atom stereocenters. The Bertz CT molecular complexity index is 288. The Morgan fingerprint density at radius 3 is 0.957 bits per heavy atom. The first-order chi connectivity index (χ1) is 10.2. The summed E-state index contributed by atoms with van der Waals surface area (Å²) in [5, 5.41) is 0. The monoisotopic (exact) mass is 358 g/mol. The summed E-state index contributed by atoms with van der Waals surface area (Å²) in [4.78, 5) is 0. The summed E-state index contributed by atoms with van der Waals surface area (Å²) in [5.74, 6) is 0. The van der Waals surface area contributed by atoms with Crippen molar-refractivity contribution in [3.63, 3.8) is 0 Å². The molecule has 0 bridgehead atoms. The molecule has 6 nitrogen and oxygen atoms in total. The standard InChI is InChI=1S/C16H36N.H2O4S.H2O/c1-5-9-13-17(14-10-6-2,15-11-7-3)16-12-8-4;1-5(2,3)4;/h5-16H2,1-4H3;(H2,1,2,3,4);1H2/q+1;;. The van der Waals surface area contributed by atoms with Gasteiger partial charge in [0.05, 0.1) is 26.2 Å². The first-order valence-corrected chi connectivity index (χ1v) is 10.2. The molecule has 0 spiro atoms. The summed E-state index contributed by atoms with van der Waals surface area (Å²) in [6.07, 6.45) is 11.1. The highest BCUT2D eigenvalue weighted by atomic mass is 32.3. The molecule has 0 aliphatic heterocycles. The second-order valence-electron chi connectivity index (χ2n) is 6.10. The maximum absolute atomic E-state index is 8.74. The molecule has 0 aromatic rings. The second-order valence-corrected chi connectivity index (χ2v) is 6.99. The van der Waals surface area contributed by atoms with E-state index in [2.05, 4.69) is 27.7 Å². The van der Waals surface area contributed by atoms with E-state index in [-0.39, 0.29) is 5.48 Å². The molecule has 0 rings (SSSR count). The molecule has 4 N–H and O–H groups in total. The Hall–Kier alpha value is -0.210. The van der Waals surface area contributed by atoms with Crippen LogP contribution in [0.25, 0.3) is 0 Å². The molecular formula is C16H40NO5S+. The fourth-order valence-corrected chi connectivity index (χ4v) is 2.64. The first-order valence-electron chi connectivity index (χ1n) is 8.79. The minimum absolute atomic E-state index is 0. The second kappa shape index (κ2) is 16.6. The van der Waals surface area contributed by atoms with Gasteiger partial charge < -0.3 is 9.96 Å². The van der Waals surface area contributed by atoms with Crippen molar-refractivity contribution in [2.75, 3.05) is 26.2 Å². The SMILES string of the molecule is CCCC[N+](CCCC)(CCCC)CCCC.O.O=S(=O)(O)O. The summed E-state index contributed by atoms with van der Waals surface area (Å²) in [5.41, 5.74) is 0. The highest BCUT2D eigenvalue weighted by Gasteiger charge is 2.24. The molecule has 23 heavy (non-hydrogen) atoms. The van der Waals surface area contributed by atoms with Crippen LogP contribution in [-0.2, 0) is 10.4 Å². The first kappa shape index (κ1) is 27.6. The summed E-state index contributed by atoms with van der Waals surface area (Å²) in [6.45, 7) is 15.0. The molecule has 0 aromatic heterocycles. The molecule has 0 heterocycles. The van der Waals surface area contributed by atoms with Gasteiger partial charge in [-0.05, 0) is 25.7 Å². The van der Waals surface area contributed by atoms with Gasteiger partial charge in [0, 0.05) is 0 Å². The van der Waals surface area contributed by atoms with E-state index in [1.807, 2.05) is 0 Å². The van der Waals surface area contributed by atoms with Crippen LogP contribution in [-0.4, -0.2) is 53.7 Å². The Morgan fingerprint density at radius 2 is 0.826 bits per heavy atom. The molecule has 0 amide bonds. The average Bonchev–Trinajstić information content (AvgIpc) is 2.44. The number of hydrogen-bond acceptors (Lipinski definition) is 2. The van der Waals surface area contributed by atoms with Gasteiger partial charge in [-0.25, -0.2) is 0 Å². The van der Waals surface area contributed by atoms with E-state index < -0.39 is 10.4 Å². The van der Waals surface area contributed by atoms with Gasteiger partial charge in [-0.3, -0.25) is 9.11 Å². The summed E-state index contributed by atoms with van der Waals surface area (Å²) in [7, 11) is -4.67. The van der Waals surface area contributed by atoms with Crippen LogP contribution in [0.5, 0.6) is 0 Å². The minimum Gasteiger partial charge on any atom is -0.412 e. The van der Waals surface area contributed by atoms with Gasteiger partial charge in [-0.2, -0.15) is 8.42 Å². The predicted molar refractivity (Wildman–Crippen MR) is 97.2 cm³/mol.